The Kier molecular flexibility index (Phi) is 3.79. The Morgan fingerprint density at radius 2 is 2.10 bits per heavy atom. The number of carboxylic acid groups (broad SMARTS) is 1. The lowest BCUT2D eigenvalue weighted by Gasteiger charge is -2.23. The van der Waals surface area contributed by atoms with Crippen LogP contribution in [0.2, 0.25) is 0 Å². The summed E-state index contributed by atoms with van der Waals surface area (Å²) in [7, 11) is 0. The molecule has 2 aromatic rings. The predicted octanol–water partition coefficient (Wildman–Crippen LogP) is 2.44. The topological polar surface area (TPSA) is 82.2 Å². The van der Waals surface area contributed by atoms with Gasteiger partial charge in [0.25, 0.3) is 5.56 Å². The van der Waals surface area contributed by atoms with E-state index in [1.54, 1.807) is 13.0 Å². The number of anilines is 1. The highest BCUT2D eigenvalue weighted by Gasteiger charge is 2.30. The average molecular weight is 274 g/mol. The number of carbonyl (C=O) groups is 1. The van der Waals surface area contributed by atoms with E-state index in [9.17, 15) is 14.7 Å². The minimum Gasteiger partial charge on any atom is -0.481 e. The number of fused-ring (bicyclic) bond motifs is 1. The minimum atomic E-state index is -0.859. The van der Waals surface area contributed by atoms with Gasteiger partial charge in [-0.25, -0.2) is 0 Å². The fourth-order valence-electron chi connectivity index (χ4n) is 1.95. The molecule has 20 heavy (non-hydrogen) atoms. The van der Waals surface area contributed by atoms with E-state index >= 15 is 0 Å². The number of aromatic nitrogens is 1. The van der Waals surface area contributed by atoms with Gasteiger partial charge in [0.2, 0.25) is 0 Å². The molecule has 0 fully saturated rings. The maximum Gasteiger partial charge on any atom is 0.311 e. The van der Waals surface area contributed by atoms with Crippen LogP contribution in [0.25, 0.3) is 10.8 Å². The molecular weight excluding hydrogens is 256 g/mol. The minimum absolute atomic E-state index is 0.181. The molecule has 5 nitrogen and oxygen atoms in total. The van der Waals surface area contributed by atoms with Crippen molar-refractivity contribution in [3.05, 3.63) is 40.7 Å². The average Bonchev–Trinajstić information content (AvgIpc) is 2.44. The monoisotopic (exact) mass is 274 g/mol. The predicted molar refractivity (Wildman–Crippen MR) is 79.1 cm³/mol. The zero-order valence-corrected chi connectivity index (χ0v) is 11.6. The summed E-state index contributed by atoms with van der Waals surface area (Å²) in [5, 5.41) is 13.7. The standard InChI is InChI=1S/C15H18N2O3/c1-3-15(2,14(19)20)9-16-12-8-10-6-4-5-7-11(10)13(18)17-12/h4-8H,3,9H2,1-2H3,(H,19,20)(H2,16,17,18). The number of nitrogens with one attached hydrogen (secondary N) is 2. The molecule has 2 rings (SSSR count). The molecule has 106 valence electrons. The van der Waals surface area contributed by atoms with Crippen LogP contribution >= 0.6 is 0 Å². The normalized spacial score (nSPS) is 13.9. The summed E-state index contributed by atoms with van der Waals surface area (Å²) in [5.74, 6) is -0.315. The molecule has 1 atom stereocenters. The van der Waals surface area contributed by atoms with E-state index in [2.05, 4.69) is 10.3 Å². The molecule has 0 aliphatic carbocycles. The molecule has 0 spiro atoms. The van der Waals surface area contributed by atoms with E-state index in [0.29, 0.717) is 17.6 Å². The van der Waals surface area contributed by atoms with Gasteiger partial charge in [-0.15, -0.1) is 0 Å². The number of hydrogen-bond donors (Lipinski definition) is 3. The highest BCUT2D eigenvalue weighted by Crippen LogP contribution is 2.22. The first-order valence-corrected chi connectivity index (χ1v) is 6.55. The molecule has 0 saturated heterocycles. The van der Waals surface area contributed by atoms with Crippen LogP contribution < -0.4 is 10.9 Å². The summed E-state index contributed by atoms with van der Waals surface area (Å²) in [6, 6.07) is 9.09. The number of H-pyrrole nitrogens is 1. The molecular formula is C15H18N2O3. The van der Waals surface area contributed by atoms with E-state index in [-0.39, 0.29) is 12.1 Å². The van der Waals surface area contributed by atoms with Crippen molar-refractivity contribution in [3.63, 3.8) is 0 Å². The molecule has 1 unspecified atom stereocenters. The van der Waals surface area contributed by atoms with Gasteiger partial charge in [-0.1, -0.05) is 25.1 Å². The third-order valence-corrected chi connectivity index (χ3v) is 3.72. The molecule has 1 aromatic carbocycles. The molecule has 0 radical (unpaired) electrons. The Bertz CT molecular complexity index is 693. The van der Waals surface area contributed by atoms with Gasteiger partial charge in [-0.2, -0.15) is 0 Å². The first-order chi connectivity index (χ1) is 9.46. The molecule has 3 N–H and O–H groups in total. The van der Waals surface area contributed by atoms with E-state index in [4.69, 9.17) is 0 Å². The van der Waals surface area contributed by atoms with Crippen LogP contribution in [0.3, 0.4) is 0 Å². The molecule has 1 aromatic heterocycles. The van der Waals surface area contributed by atoms with Gasteiger partial charge in [-0.05, 0) is 30.9 Å². The Morgan fingerprint density at radius 3 is 2.75 bits per heavy atom. The van der Waals surface area contributed by atoms with E-state index < -0.39 is 11.4 Å². The lowest BCUT2D eigenvalue weighted by Crippen LogP contribution is -2.34. The number of aromatic amines is 1. The number of carboxylic acids is 1. The van der Waals surface area contributed by atoms with Crippen molar-refractivity contribution in [1.82, 2.24) is 4.98 Å². The maximum absolute atomic E-state index is 11.9. The lowest BCUT2D eigenvalue weighted by molar-refractivity contribution is -0.147. The fourth-order valence-corrected chi connectivity index (χ4v) is 1.95. The molecule has 0 aliphatic heterocycles. The van der Waals surface area contributed by atoms with Gasteiger partial charge < -0.3 is 15.4 Å². The summed E-state index contributed by atoms with van der Waals surface area (Å²) >= 11 is 0. The van der Waals surface area contributed by atoms with Gasteiger partial charge in [0.05, 0.1) is 5.41 Å². The van der Waals surface area contributed by atoms with E-state index in [1.807, 2.05) is 31.2 Å². The summed E-state index contributed by atoms with van der Waals surface area (Å²) < 4.78 is 0. The second-order valence-electron chi connectivity index (χ2n) is 5.17. The molecule has 0 aliphatic rings. The molecule has 1 heterocycles. The van der Waals surface area contributed by atoms with Gasteiger partial charge in [0, 0.05) is 11.9 Å². The number of aliphatic carboxylic acids is 1. The van der Waals surface area contributed by atoms with Crippen LogP contribution in [0.4, 0.5) is 5.82 Å². The first kappa shape index (κ1) is 14.1. The number of rotatable bonds is 5. The van der Waals surface area contributed by atoms with Crippen LogP contribution in [0.15, 0.2) is 35.1 Å². The summed E-state index contributed by atoms with van der Waals surface area (Å²) in [4.78, 5) is 25.9. The van der Waals surface area contributed by atoms with Crippen molar-refractivity contribution in [2.24, 2.45) is 5.41 Å². The quantitative estimate of drug-likeness (QED) is 0.782. The SMILES string of the molecule is CCC(C)(CNc1cc2ccccc2c(=O)[nH]1)C(=O)O. The second kappa shape index (κ2) is 5.36. The fraction of sp³-hybridized carbons (Fsp3) is 0.333. The van der Waals surface area contributed by atoms with Crippen molar-refractivity contribution >= 4 is 22.6 Å². The highest BCUT2D eigenvalue weighted by atomic mass is 16.4. The number of hydrogen-bond acceptors (Lipinski definition) is 3. The van der Waals surface area contributed by atoms with Crippen molar-refractivity contribution in [3.8, 4) is 0 Å². The Morgan fingerprint density at radius 1 is 1.40 bits per heavy atom. The summed E-state index contributed by atoms with van der Waals surface area (Å²) in [6.07, 6.45) is 0.507. The third kappa shape index (κ3) is 2.66. The third-order valence-electron chi connectivity index (χ3n) is 3.72. The molecule has 5 heteroatoms. The zero-order valence-electron chi connectivity index (χ0n) is 11.6. The van der Waals surface area contributed by atoms with Gasteiger partial charge in [0.1, 0.15) is 5.82 Å². The molecule has 0 saturated carbocycles. The molecule has 0 bridgehead atoms. The van der Waals surface area contributed by atoms with Crippen molar-refractivity contribution in [1.29, 1.82) is 0 Å². The van der Waals surface area contributed by atoms with Gasteiger partial charge >= 0.3 is 5.97 Å². The van der Waals surface area contributed by atoms with Crippen molar-refractivity contribution < 1.29 is 9.90 Å². The number of benzene rings is 1. The van der Waals surface area contributed by atoms with Crippen LogP contribution in [0.5, 0.6) is 0 Å². The van der Waals surface area contributed by atoms with Crippen LogP contribution in [0.1, 0.15) is 20.3 Å². The maximum atomic E-state index is 11.9. The number of pyridine rings is 1. The lowest BCUT2D eigenvalue weighted by atomic mass is 9.88. The Hall–Kier alpha value is -2.30. The Labute approximate surface area is 116 Å². The van der Waals surface area contributed by atoms with Crippen molar-refractivity contribution in [2.75, 3.05) is 11.9 Å². The van der Waals surface area contributed by atoms with Gasteiger partial charge in [-0.3, -0.25) is 9.59 Å². The Balaban J connectivity index is 2.27. The smallest absolute Gasteiger partial charge is 0.311 e. The summed E-state index contributed by atoms with van der Waals surface area (Å²) in [5.41, 5.74) is -1.04. The molecule has 0 amide bonds. The van der Waals surface area contributed by atoms with Crippen molar-refractivity contribution in [2.45, 2.75) is 20.3 Å². The highest BCUT2D eigenvalue weighted by molar-refractivity contribution is 5.83. The van der Waals surface area contributed by atoms with Gasteiger partial charge in [0.15, 0.2) is 0 Å². The van der Waals surface area contributed by atoms with Crippen LogP contribution in [0, 0.1) is 5.41 Å². The largest absolute Gasteiger partial charge is 0.481 e. The first-order valence-electron chi connectivity index (χ1n) is 6.55. The second-order valence-corrected chi connectivity index (χ2v) is 5.17. The summed E-state index contributed by atoms with van der Waals surface area (Å²) in [6.45, 7) is 3.77. The van der Waals surface area contributed by atoms with Crippen LogP contribution in [-0.4, -0.2) is 22.6 Å². The zero-order chi connectivity index (χ0) is 14.8. The van der Waals surface area contributed by atoms with Crippen LogP contribution in [-0.2, 0) is 4.79 Å². The van der Waals surface area contributed by atoms with E-state index in [1.165, 1.54) is 0 Å². The van der Waals surface area contributed by atoms with E-state index in [0.717, 1.165) is 5.39 Å².